The van der Waals surface area contributed by atoms with Crippen LogP contribution in [0.2, 0.25) is 0 Å². The van der Waals surface area contributed by atoms with Gasteiger partial charge in [0.15, 0.2) is 0 Å². The van der Waals surface area contributed by atoms with Gasteiger partial charge in [0.25, 0.3) is 0 Å². The van der Waals surface area contributed by atoms with Crippen molar-refractivity contribution in [2.24, 2.45) is 11.8 Å². The molecule has 0 saturated heterocycles. The first kappa shape index (κ1) is 35.5. The number of unbranched alkanes of at least 4 members (excludes halogenated alkanes) is 20. The van der Waals surface area contributed by atoms with E-state index in [0.717, 1.165) is 6.42 Å². The Morgan fingerprint density at radius 2 is 0.778 bits per heavy atom. The fourth-order valence-corrected chi connectivity index (χ4v) is 5.31. The highest BCUT2D eigenvalue weighted by atomic mass is 16.5. The third-order valence-corrected chi connectivity index (χ3v) is 8.04. The molecule has 0 spiro atoms. The van der Waals surface area contributed by atoms with Gasteiger partial charge in [-0.2, -0.15) is 0 Å². The van der Waals surface area contributed by atoms with Crippen LogP contribution in [0.5, 0.6) is 0 Å². The Balaban J connectivity index is 4.04. The summed E-state index contributed by atoms with van der Waals surface area (Å²) in [6.07, 6.45) is 34.5. The van der Waals surface area contributed by atoms with Crippen LogP contribution in [0.25, 0.3) is 0 Å². The van der Waals surface area contributed by atoms with E-state index in [-0.39, 0.29) is 11.9 Å². The molecule has 36 heavy (non-hydrogen) atoms. The quantitative estimate of drug-likeness (QED) is 0.0741. The molecule has 2 unspecified atom stereocenters. The zero-order valence-electron chi connectivity index (χ0n) is 25.6. The molecule has 0 aliphatic carbocycles. The normalized spacial score (nSPS) is 13.1. The van der Waals surface area contributed by atoms with Crippen LogP contribution in [-0.4, -0.2) is 12.6 Å². The lowest BCUT2D eigenvalue weighted by Crippen LogP contribution is -2.20. The van der Waals surface area contributed by atoms with E-state index >= 15 is 0 Å². The largest absolute Gasteiger partial charge is 0.465 e. The minimum absolute atomic E-state index is 0.0541. The lowest BCUT2D eigenvalue weighted by Gasteiger charge is -2.19. The molecular weight excluding hydrogens is 440 g/mol. The molecule has 2 nitrogen and oxygen atoms in total. The maximum absolute atomic E-state index is 12.6. The molecule has 0 aromatic heterocycles. The summed E-state index contributed by atoms with van der Waals surface area (Å²) >= 11 is 0. The molecule has 0 bridgehead atoms. The highest BCUT2D eigenvalue weighted by Gasteiger charge is 2.17. The standard InChI is InChI=1S/C34H68O2/c1-5-8-11-14-17-18-19-21-22-25-28-32(4)34(35)36-31-33(29-26-23-16-13-10-7-3)30-27-24-20-15-12-9-6-2/h32-33H,5-31H2,1-4H3. The Morgan fingerprint density at radius 3 is 1.14 bits per heavy atom. The molecule has 0 aliphatic rings. The van der Waals surface area contributed by atoms with E-state index in [1.54, 1.807) is 0 Å². The van der Waals surface area contributed by atoms with Gasteiger partial charge in [-0.3, -0.25) is 4.79 Å². The molecule has 0 amide bonds. The number of hydrogen-bond acceptors (Lipinski definition) is 2. The van der Waals surface area contributed by atoms with E-state index in [1.165, 1.54) is 161 Å². The summed E-state index contributed by atoms with van der Waals surface area (Å²) in [5.74, 6) is 0.686. The van der Waals surface area contributed by atoms with E-state index in [2.05, 4.69) is 27.7 Å². The van der Waals surface area contributed by atoms with Crippen LogP contribution < -0.4 is 0 Å². The van der Waals surface area contributed by atoms with Crippen LogP contribution in [0.4, 0.5) is 0 Å². The van der Waals surface area contributed by atoms with Gasteiger partial charge in [-0.15, -0.1) is 0 Å². The Bertz CT molecular complexity index is 433. The van der Waals surface area contributed by atoms with Gasteiger partial charge >= 0.3 is 5.97 Å². The van der Waals surface area contributed by atoms with Crippen LogP contribution >= 0.6 is 0 Å². The third-order valence-electron chi connectivity index (χ3n) is 8.04. The number of ether oxygens (including phenoxy) is 1. The predicted molar refractivity (Wildman–Crippen MR) is 161 cm³/mol. The SMILES string of the molecule is CCCCCCCCCCCCC(C)C(=O)OCC(CCCCCCCC)CCCCCCCCC. The first-order valence-corrected chi connectivity index (χ1v) is 16.8. The van der Waals surface area contributed by atoms with Gasteiger partial charge in [-0.05, 0) is 25.2 Å². The minimum atomic E-state index is 0.0541. The molecular formula is C34H68O2. The van der Waals surface area contributed by atoms with Crippen LogP contribution in [0.1, 0.15) is 195 Å². The van der Waals surface area contributed by atoms with Crippen molar-refractivity contribution in [3.63, 3.8) is 0 Å². The van der Waals surface area contributed by atoms with Crippen molar-refractivity contribution in [3.8, 4) is 0 Å². The fraction of sp³-hybridized carbons (Fsp3) is 0.971. The zero-order valence-corrected chi connectivity index (χ0v) is 25.6. The molecule has 0 radical (unpaired) electrons. The van der Waals surface area contributed by atoms with E-state index in [9.17, 15) is 4.79 Å². The van der Waals surface area contributed by atoms with Crippen molar-refractivity contribution in [2.45, 2.75) is 195 Å². The van der Waals surface area contributed by atoms with Gasteiger partial charge in [0.1, 0.15) is 0 Å². The number of esters is 1. The van der Waals surface area contributed by atoms with Crippen molar-refractivity contribution in [1.82, 2.24) is 0 Å². The minimum Gasteiger partial charge on any atom is -0.465 e. The monoisotopic (exact) mass is 509 g/mol. The zero-order chi connectivity index (χ0) is 26.5. The summed E-state index contributed by atoms with van der Waals surface area (Å²) in [4.78, 5) is 12.6. The summed E-state index contributed by atoms with van der Waals surface area (Å²) in [6, 6.07) is 0. The van der Waals surface area contributed by atoms with Crippen molar-refractivity contribution >= 4 is 5.97 Å². The van der Waals surface area contributed by atoms with Gasteiger partial charge in [0.2, 0.25) is 0 Å². The molecule has 0 heterocycles. The van der Waals surface area contributed by atoms with Crippen LogP contribution in [0, 0.1) is 11.8 Å². The van der Waals surface area contributed by atoms with Crippen LogP contribution in [-0.2, 0) is 9.53 Å². The van der Waals surface area contributed by atoms with Crippen LogP contribution in [0.3, 0.4) is 0 Å². The number of carbonyl (C=O) groups is 1. The lowest BCUT2D eigenvalue weighted by molar-refractivity contribution is -0.149. The Morgan fingerprint density at radius 1 is 0.472 bits per heavy atom. The number of hydrogen-bond donors (Lipinski definition) is 0. The smallest absolute Gasteiger partial charge is 0.308 e. The van der Waals surface area contributed by atoms with Crippen molar-refractivity contribution < 1.29 is 9.53 Å². The molecule has 216 valence electrons. The molecule has 0 fully saturated rings. The molecule has 2 atom stereocenters. The van der Waals surface area contributed by atoms with Gasteiger partial charge in [-0.25, -0.2) is 0 Å². The average molecular weight is 509 g/mol. The van der Waals surface area contributed by atoms with Gasteiger partial charge in [0, 0.05) is 0 Å². The molecule has 0 N–H and O–H groups in total. The first-order valence-electron chi connectivity index (χ1n) is 16.8. The van der Waals surface area contributed by atoms with Gasteiger partial charge in [-0.1, -0.05) is 175 Å². The second kappa shape index (κ2) is 29.0. The van der Waals surface area contributed by atoms with Crippen LogP contribution in [0.15, 0.2) is 0 Å². The van der Waals surface area contributed by atoms with Crippen molar-refractivity contribution in [3.05, 3.63) is 0 Å². The second-order valence-corrected chi connectivity index (χ2v) is 11.8. The summed E-state index contributed by atoms with van der Waals surface area (Å²) in [5, 5.41) is 0. The average Bonchev–Trinajstić information content (AvgIpc) is 2.88. The first-order chi connectivity index (χ1) is 17.7. The second-order valence-electron chi connectivity index (χ2n) is 11.8. The lowest BCUT2D eigenvalue weighted by atomic mass is 9.94. The Kier molecular flexibility index (Phi) is 28.6. The molecule has 2 heteroatoms. The molecule has 0 saturated carbocycles. The summed E-state index contributed by atoms with van der Waals surface area (Å²) in [7, 11) is 0. The molecule has 0 aromatic carbocycles. The number of carbonyl (C=O) groups excluding carboxylic acids is 1. The summed E-state index contributed by atoms with van der Waals surface area (Å²) < 4.78 is 5.88. The van der Waals surface area contributed by atoms with E-state index in [0.29, 0.717) is 12.5 Å². The van der Waals surface area contributed by atoms with E-state index in [1.807, 2.05) is 0 Å². The van der Waals surface area contributed by atoms with Gasteiger partial charge < -0.3 is 4.74 Å². The third kappa shape index (κ3) is 25.1. The number of rotatable bonds is 29. The van der Waals surface area contributed by atoms with Crippen molar-refractivity contribution in [2.75, 3.05) is 6.61 Å². The highest BCUT2D eigenvalue weighted by Crippen LogP contribution is 2.21. The summed E-state index contributed by atoms with van der Waals surface area (Å²) in [6.45, 7) is 9.58. The maximum Gasteiger partial charge on any atom is 0.308 e. The van der Waals surface area contributed by atoms with E-state index in [4.69, 9.17) is 4.74 Å². The maximum atomic E-state index is 12.6. The van der Waals surface area contributed by atoms with Gasteiger partial charge in [0.05, 0.1) is 12.5 Å². The predicted octanol–water partition coefficient (Wildman–Crippen LogP) is 12.0. The van der Waals surface area contributed by atoms with Crippen molar-refractivity contribution in [1.29, 1.82) is 0 Å². The molecule has 0 aromatic rings. The highest BCUT2D eigenvalue weighted by molar-refractivity contribution is 5.71. The molecule has 0 rings (SSSR count). The molecule has 0 aliphatic heterocycles. The van der Waals surface area contributed by atoms with E-state index < -0.39 is 0 Å². The summed E-state index contributed by atoms with van der Waals surface area (Å²) in [5.41, 5.74) is 0. The Labute approximate surface area is 228 Å². The topological polar surface area (TPSA) is 26.3 Å². The fourth-order valence-electron chi connectivity index (χ4n) is 5.31. The Hall–Kier alpha value is -0.530.